The number of para-hydroxylation sites is 1. The topological polar surface area (TPSA) is 76.1 Å². The summed E-state index contributed by atoms with van der Waals surface area (Å²) in [5.41, 5.74) is 10.5. The van der Waals surface area contributed by atoms with Gasteiger partial charge < -0.3 is 16.2 Å². The van der Waals surface area contributed by atoms with Gasteiger partial charge in [0, 0.05) is 29.5 Å². The van der Waals surface area contributed by atoms with Gasteiger partial charge in [0.2, 0.25) is 0 Å². The van der Waals surface area contributed by atoms with Crippen molar-refractivity contribution < 1.29 is 5.11 Å². The minimum Gasteiger partial charge on any atom is -0.398 e. The lowest BCUT2D eigenvalue weighted by Gasteiger charge is -2.24. The molecule has 0 fully saturated rings. The van der Waals surface area contributed by atoms with E-state index in [9.17, 15) is 0 Å². The van der Waals surface area contributed by atoms with Crippen LogP contribution in [0.4, 0.5) is 5.69 Å². The van der Waals surface area contributed by atoms with E-state index < -0.39 is 0 Å². The maximum absolute atomic E-state index is 9.10. The van der Waals surface area contributed by atoms with Crippen LogP contribution < -0.4 is 11.1 Å². The van der Waals surface area contributed by atoms with E-state index in [1.807, 2.05) is 29.1 Å². The minimum atomic E-state index is 0.132. The number of rotatable bonds is 5. The van der Waals surface area contributed by atoms with Crippen molar-refractivity contribution in [3.63, 3.8) is 0 Å². The van der Waals surface area contributed by atoms with Crippen LogP contribution in [0.2, 0.25) is 0 Å². The summed E-state index contributed by atoms with van der Waals surface area (Å²) in [6.45, 7) is 1.47. The predicted octanol–water partition coefficient (Wildman–Crippen LogP) is 1.62. The van der Waals surface area contributed by atoms with E-state index in [4.69, 9.17) is 10.8 Å². The Morgan fingerprint density at radius 3 is 3.05 bits per heavy atom. The summed E-state index contributed by atoms with van der Waals surface area (Å²) in [5, 5.41) is 17.1. The largest absolute Gasteiger partial charge is 0.398 e. The number of hydrogen-bond donors (Lipinski definition) is 3. The number of aliphatic hydroxyl groups is 1. The zero-order valence-electron chi connectivity index (χ0n) is 12.1. The van der Waals surface area contributed by atoms with E-state index in [2.05, 4.69) is 16.5 Å². The van der Waals surface area contributed by atoms with E-state index in [-0.39, 0.29) is 6.61 Å². The minimum absolute atomic E-state index is 0.132. The number of aliphatic hydroxyl groups excluding tert-OH is 1. The van der Waals surface area contributed by atoms with Crippen LogP contribution in [0, 0.1) is 0 Å². The van der Waals surface area contributed by atoms with E-state index in [0.29, 0.717) is 12.6 Å². The molecule has 0 aliphatic heterocycles. The molecule has 5 heteroatoms. The third-order valence-corrected chi connectivity index (χ3v) is 4.17. The molecule has 1 aliphatic carbocycles. The summed E-state index contributed by atoms with van der Waals surface area (Å²) >= 11 is 0. The lowest BCUT2D eigenvalue weighted by Crippen LogP contribution is -2.25. The number of fused-ring (bicyclic) bond motifs is 1. The molecule has 3 rings (SSSR count). The first-order valence-electron chi connectivity index (χ1n) is 7.52. The van der Waals surface area contributed by atoms with Gasteiger partial charge in [0.05, 0.1) is 19.3 Å². The fraction of sp³-hybridized carbons (Fsp3) is 0.438. The van der Waals surface area contributed by atoms with Crippen LogP contribution in [-0.4, -0.2) is 21.5 Å². The van der Waals surface area contributed by atoms with Crippen LogP contribution in [0.3, 0.4) is 0 Å². The first-order chi connectivity index (χ1) is 10.3. The van der Waals surface area contributed by atoms with E-state index in [1.165, 1.54) is 11.3 Å². The molecule has 112 valence electrons. The molecule has 0 amide bonds. The molecular weight excluding hydrogens is 264 g/mol. The highest BCUT2D eigenvalue weighted by Crippen LogP contribution is 2.30. The molecule has 1 aromatic carbocycles. The van der Waals surface area contributed by atoms with Gasteiger partial charge in [-0.2, -0.15) is 5.10 Å². The van der Waals surface area contributed by atoms with Gasteiger partial charge in [0.15, 0.2) is 0 Å². The molecule has 1 aromatic heterocycles. The molecule has 1 aliphatic rings. The molecule has 0 bridgehead atoms. The number of nitrogens with one attached hydrogen (secondary N) is 1. The zero-order valence-corrected chi connectivity index (χ0v) is 12.1. The Bertz CT molecular complexity index is 608. The summed E-state index contributed by atoms with van der Waals surface area (Å²) in [7, 11) is 0. The Labute approximate surface area is 124 Å². The number of benzene rings is 1. The summed E-state index contributed by atoms with van der Waals surface area (Å²) < 4.78 is 1.93. The third kappa shape index (κ3) is 2.94. The van der Waals surface area contributed by atoms with Gasteiger partial charge >= 0.3 is 0 Å². The average Bonchev–Trinajstić information content (AvgIpc) is 2.91. The second kappa shape index (κ2) is 6.28. The Kier molecular flexibility index (Phi) is 4.22. The van der Waals surface area contributed by atoms with Gasteiger partial charge in [-0.05, 0) is 30.9 Å². The average molecular weight is 286 g/mol. The van der Waals surface area contributed by atoms with Crippen molar-refractivity contribution in [1.29, 1.82) is 0 Å². The highest BCUT2D eigenvalue weighted by molar-refractivity contribution is 5.46. The van der Waals surface area contributed by atoms with Crippen LogP contribution in [0.1, 0.15) is 35.7 Å². The van der Waals surface area contributed by atoms with Crippen LogP contribution in [0.25, 0.3) is 0 Å². The number of nitrogens with two attached hydrogens (primary N) is 1. The van der Waals surface area contributed by atoms with Crippen LogP contribution in [0.5, 0.6) is 0 Å². The highest BCUT2D eigenvalue weighted by atomic mass is 16.3. The SMILES string of the molecule is Nc1ccccc1CNC1CCCc2c1cnn2CCO. The van der Waals surface area contributed by atoms with Crippen molar-refractivity contribution in [2.24, 2.45) is 0 Å². The number of aromatic nitrogens is 2. The number of nitrogen functional groups attached to an aromatic ring is 1. The predicted molar refractivity (Wildman–Crippen MR) is 82.7 cm³/mol. The Morgan fingerprint density at radius 2 is 2.24 bits per heavy atom. The first kappa shape index (κ1) is 14.1. The maximum Gasteiger partial charge on any atom is 0.0644 e. The lowest BCUT2D eigenvalue weighted by molar-refractivity contribution is 0.266. The molecule has 4 N–H and O–H groups in total. The smallest absolute Gasteiger partial charge is 0.0644 e. The Morgan fingerprint density at radius 1 is 1.38 bits per heavy atom. The normalized spacial score (nSPS) is 17.7. The molecule has 2 aromatic rings. The van der Waals surface area contributed by atoms with Crippen molar-refractivity contribution >= 4 is 5.69 Å². The van der Waals surface area contributed by atoms with Gasteiger partial charge in [-0.1, -0.05) is 18.2 Å². The molecule has 0 spiro atoms. The number of nitrogens with zero attached hydrogens (tertiary/aromatic N) is 2. The molecule has 0 saturated carbocycles. The van der Waals surface area contributed by atoms with Crippen molar-refractivity contribution in [2.75, 3.05) is 12.3 Å². The molecule has 21 heavy (non-hydrogen) atoms. The van der Waals surface area contributed by atoms with Crippen LogP contribution in [0.15, 0.2) is 30.5 Å². The zero-order chi connectivity index (χ0) is 14.7. The van der Waals surface area contributed by atoms with Crippen molar-refractivity contribution in [3.05, 3.63) is 47.3 Å². The van der Waals surface area contributed by atoms with Crippen LogP contribution in [-0.2, 0) is 19.5 Å². The standard InChI is InChI=1S/C16H22N4O/c17-14-5-2-1-4-12(14)10-18-15-6-3-7-16-13(15)11-19-20(16)8-9-21/h1-2,4-5,11,15,18,21H,3,6-10,17H2. The summed E-state index contributed by atoms with van der Waals surface area (Å²) in [5.74, 6) is 0. The Balaban J connectivity index is 1.72. The quantitative estimate of drug-likeness (QED) is 0.730. The highest BCUT2D eigenvalue weighted by Gasteiger charge is 2.23. The Hall–Kier alpha value is -1.85. The van der Waals surface area contributed by atoms with E-state index in [1.54, 1.807) is 0 Å². The molecular formula is C16H22N4O. The van der Waals surface area contributed by atoms with Gasteiger partial charge in [-0.3, -0.25) is 4.68 Å². The number of hydrogen-bond acceptors (Lipinski definition) is 4. The van der Waals surface area contributed by atoms with Gasteiger partial charge in [-0.15, -0.1) is 0 Å². The second-order valence-electron chi connectivity index (χ2n) is 5.52. The van der Waals surface area contributed by atoms with Gasteiger partial charge in [0.1, 0.15) is 0 Å². The number of anilines is 1. The summed E-state index contributed by atoms with van der Waals surface area (Å²) in [4.78, 5) is 0. The van der Waals surface area contributed by atoms with Gasteiger partial charge in [0.25, 0.3) is 0 Å². The summed E-state index contributed by atoms with van der Waals surface area (Å²) in [6, 6.07) is 8.28. The van der Waals surface area contributed by atoms with Crippen molar-refractivity contribution in [2.45, 2.75) is 38.4 Å². The molecule has 0 radical (unpaired) electrons. The molecule has 1 atom stereocenters. The fourth-order valence-corrected chi connectivity index (χ4v) is 3.05. The van der Waals surface area contributed by atoms with Crippen molar-refractivity contribution in [1.82, 2.24) is 15.1 Å². The summed E-state index contributed by atoms with van der Waals surface area (Å²) in [6.07, 6.45) is 5.24. The van der Waals surface area contributed by atoms with Gasteiger partial charge in [-0.25, -0.2) is 0 Å². The van der Waals surface area contributed by atoms with E-state index >= 15 is 0 Å². The maximum atomic E-state index is 9.10. The van der Waals surface area contributed by atoms with Crippen LogP contribution >= 0.6 is 0 Å². The first-order valence-corrected chi connectivity index (χ1v) is 7.52. The van der Waals surface area contributed by atoms with Crippen molar-refractivity contribution in [3.8, 4) is 0 Å². The monoisotopic (exact) mass is 286 g/mol. The van der Waals surface area contributed by atoms with E-state index in [0.717, 1.165) is 37.1 Å². The fourth-order valence-electron chi connectivity index (χ4n) is 3.05. The molecule has 1 heterocycles. The second-order valence-corrected chi connectivity index (χ2v) is 5.52. The molecule has 1 unspecified atom stereocenters. The molecule has 5 nitrogen and oxygen atoms in total. The lowest BCUT2D eigenvalue weighted by atomic mass is 9.92. The third-order valence-electron chi connectivity index (χ3n) is 4.17. The molecule has 0 saturated heterocycles.